The second kappa shape index (κ2) is 29.1. The first-order chi connectivity index (χ1) is 35.8. The molecule has 6 atom stereocenters. The van der Waals surface area contributed by atoms with Crippen LogP contribution in [0, 0.1) is 23.6 Å². The molecule has 0 aromatic heterocycles. The molecule has 3 aliphatic rings. The van der Waals surface area contributed by atoms with Crippen LogP contribution in [-0.2, 0) is 27.5 Å². The van der Waals surface area contributed by atoms with Crippen molar-refractivity contribution in [2.45, 2.75) is 152 Å². The highest BCUT2D eigenvalue weighted by Gasteiger charge is 2.65. The van der Waals surface area contributed by atoms with Gasteiger partial charge in [-0.3, -0.25) is 4.90 Å². The van der Waals surface area contributed by atoms with Crippen molar-refractivity contribution in [1.82, 2.24) is 4.90 Å². The fraction of sp³-hybridized carbons (Fsp3) is 0.508. The number of unbranched alkanes of at least 4 members (excludes halogenated alkanes) is 11. The summed E-state index contributed by atoms with van der Waals surface area (Å²) in [6.07, 6.45) is 21.8. The largest absolute Gasteiger partial charge is 0.459 e. The molecule has 1 amide bonds. The highest BCUT2D eigenvalue weighted by atomic mass is 32.2. The molecule has 0 radical (unpaired) electrons. The quantitative estimate of drug-likeness (QED) is 0.0220. The van der Waals surface area contributed by atoms with Crippen LogP contribution in [0.4, 0.5) is 9.18 Å². The van der Waals surface area contributed by atoms with Gasteiger partial charge in [0.25, 0.3) is 0 Å². The van der Waals surface area contributed by atoms with E-state index in [-0.39, 0.29) is 69.6 Å². The summed E-state index contributed by atoms with van der Waals surface area (Å²) in [5.41, 5.74) is 4.23. The van der Waals surface area contributed by atoms with E-state index >= 15 is 4.79 Å². The van der Waals surface area contributed by atoms with Crippen molar-refractivity contribution in [3.63, 3.8) is 0 Å². The van der Waals surface area contributed by atoms with Crippen molar-refractivity contribution >= 4 is 23.6 Å². The van der Waals surface area contributed by atoms with Gasteiger partial charge in [0, 0.05) is 42.6 Å². The van der Waals surface area contributed by atoms with Gasteiger partial charge < -0.3 is 34.0 Å². The number of carbonyl (C=O) groups excluding carboxylic acids is 1. The number of hydrogen-bond donors (Lipinski definition) is 2. The number of amides is 1. The van der Waals surface area contributed by atoms with Gasteiger partial charge in [-0.2, -0.15) is 0 Å². The molecule has 73 heavy (non-hydrogen) atoms. The average molecular weight is 1020 g/mol. The summed E-state index contributed by atoms with van der Waals surface area (Å²) in [7, 11) is 0. The van der Waals surface area contributed by atoms with Crippen LogP contribution in [-0.4, -0.2) is 71.4 Å². The number of halogens is 1. The fourth-order valence-electron chi connectivity index (χ4n) is 11.2. The molecule has 7 rings (SSSR count). The van der Waals surface area contributed by atoms with Gasteiger partial charge in [-0.05, 0) is 121 Å². The van der Waals surface area contributed by atoms with Crippen LogP contribution in [0.3, 0.4) is 0 Å². The van der Waals surface area contributed by atoms with Gasteiger partial charge in [-0.1, -0.05) is 137 Å². The number of allylic oxidation sites excluding steroid dienone is 1. The zero-order valence-corrected chi connectivity index (χ0v) is 44.1. The maximum Gasteiger partial charge on any atom is 0.410 e. The third-order valence-electron chi connectivity index (χ3n) is 14.8. The number of aliphatic hydroxyl groups excluding tert-OH is 2. The second-order valence-electron chi connectivity index (χ2n) is 19.9. The Labute approximate surface area is 438 Å². The highest BCUT2D eigenvalue weighted by molar-refractivity contribution is 7.98. The number of ether oxygens (including phenoxy) is 4. The molecule has 0 bridgehead atoms. The van der Waals surface area contributed by atoms with Crippen molar-refractivity contribution in [2.75, 3.05) is 32.7 Å². The van der Waals surface area contributed by atoms with Gasteiger partial charge in [0.1, 0.15) is 35.7 Å². The molecular weight excluding hydrogens is 940 g/mol. The minimum absolute atomic E-state index is 0.0172. The van der Waals surface area contributed by atoms with Crippen molar-refractivity contribution in [1.29, 1.82) is 0 Å². The van der Waals surface area contributed by atoms with Crippen molar-refractivity contribution in [3.8, 4) is 17.2 Å². The molecule has 2 aliphatic carbocycles. The summed E-state index contributed by atoms with van der Waals surface area (Å²) in [6, 6.07) is 29.3. The van der Waals surface area contributed by atoms with Crippen LogP contribution >= 0.6 is 11.8 Å². The average Bonchev–Trinajstić information content (AvgIpc) is 3.41. The minimum Gasteiger partial charge on any atom is -0.459 e. The van der Waals surface area contributed by atoms with Gasteiger partial charge in [0.15, 0.2) is 0 Å². The van der Waals surface area contributed by atoms with Gasteiger partial charge >= 0.3 is 6.09 Å². The molecule has 1 fully saturated rings. The Bertz CT molecular complexity index is 2360. The maximum absolute atomic E-state index is 15.1. The molecule has 0 spiro atoms. The van der Waals surface area contributed by atoms with Crippen LogP contribution in [0.25, 0.3) is 0 Å². The number of fused-ring (bicyclic) bond motifs is 2. The van der Waals surface area contributed by atoms with Gasteiger partial charge in [0.05, 0.1) is 24.8 Å². The van der Waals surface area contributed by atoms with Gasteiger partial charge in [-0.15, -0.1) is 18.3 Å². The third kappa shape index (κ3) is 15.0. The van der Waals surface area contributed by atoms with E-state index in [0.717, 1.165) is 73.0 Å². The topological polar surface area (TPSA) is 119 Å². The zero-order chi connectivity index (χ0) is 51.3. The molecule has 0 saturated heterocycles. The van der Waals surface area contributed by atoms with Crippen molar-refractivity contribution in [2.24, 2.45) is 22.9 Å². The summed E-state index contributed by atoms with van der Waals surface area (Å²) in [6.45, 7) is 7.18. The van der Waals surface area contributed by atoms with Crippen molar-refractivity contribution < 1.29 is 43.2 Å². The molecule has 0 unspecified atom stereocenters. The number of rotatable bonds is 31. The molecule has 4 aromatic rings. The number of benzene rings is 4. The second-order valence-corrected chi connectivity index (χ2v) is 20.7. The lowest BCUT2D eigenvalue weighted by molar-refractivity contribution is -0.256. The Kier molecular flexibility index (Phi) is 22.2. The number of nitrogens with zero attached hydrogens (tertiary/aromatic N) is 2. The Hall–Kier alpha value is -5.14. The molecule has 1 saturated carbocycles. The Morgan fingerprint density at radius 2 is 1.52 bits per heavy atom. The molecule has 1 heterocycles. The van der Waals surface area contributed by atoms with Crippen LogP contribution < -0.4 is 9.47 Å². The Morgan fingerprint density at radius 1 is 0.836 bits per heavy atom. The van der Waals surface area contributed by atoms with E-state index < -0.39 is 23.8 Å². The SMILES string of the molecule is C=CCO[C@@]12Oc3ccc(Oc4ccc(SC)cc4)cc3[C@H]3[C@H](CCCCO)[C@@H](CCCCO)C=C(C(=NOCc4ccccc4)C[C@@H]1N(Cc1ccc(F)cc1)C(=O)OCCCCCCCCCCCC)[C@H]32. The molecule has 2 N–H and O–H groups in total. The minimum atomic E-state index is -1.51. The predicted octanol–water partition coefficient (Wildman–Crippen LogP) is 14.7. The summed E-state index contributed by atoms with van der Waals surface area (Å²) in [5.74, 6) is -0.633. The molecule has 394 valence electrons. The molecule has 1 aliphatic heterocycles. The summed E-state index contributed by atoms with van der Waals surface area (Å²) >= 11 is 1.67. The lowest BCUT2D eigenvalue weighted by Crippen LogP contribution is -2.70. The normalized spacial score (nSPS) is 21.4. The van der Waals surface area contributed by atoms with E-state index in [1.54, 1.807) is 34.9 Å². The number of carbonyl (C=O) groups is 1. The molecular formula is C61H79FN2O8S. The Balaban J connectivity index is 1.34. The fourth-order valence-corrected chi connectivity index (χ4v) is 11.6. The zero-order valence-electron chi connectivity index (χ0n) is 43.3. The summed E-state index contributed by atoms with van der Waals surface area (Å²) < 4.78 is 42.1. The molecule has 10 nitrogen and oxygen atoms in total. The predicted molar refractivity (Wildman–Crippen MR) is 290 cm³/mol. The van der Waals surface area contributed by atoms with E-state index in [1.165, 1.54) is 50.7 Å². The van der Waals surface area contributed by atoms with E-state index in [0.29, 0.717) is 41.4 Å². The van der Waals surface area contributed by atoms with Crippen LogP contribution in [0.15, 0.2) is 131 Å². The van der Waals surface area contributed by atoms with E-state index in [4.69, 9.17) is 28.9 Å². The van der Waals surface area contributed by atoms with Gasteiger partial charge in [-0.25, -0.2) is 9.18 Å². The highest BCUT2D eigenvalue weighted by Crippen LogP contribution is 2.62. The van der Waals surface area contributed by atoms with Crippen molar-refractivity contribution in [3.05, 3.63) is 144 Å². The smallest absolute Gasteiger partial charge is 0.410 e. The lowest BCUT2D eigenvalue weighted by Gasteiger charge is -2.59. The molecule has 4 aromatic carbocycles. The van der Waals surface area contributed by atoms with E-state index in [2.05, 4.69) is 25.6 Å². The Morgan fingerprint density at radius 3 is 2.21 bits per heavy atom. The lowest BCUT2D eigenvalue weighted by atomic mass is 9.55. The molecule has 12 heteroatoms. The maximum atomic E-state index is 15.1. The monoisotopic (exact) mass is 1020 g/mol. The number of aliphatic hydroxyl groups is 2. The standard InChI is InChI=1S/C61H79FN2O8S/c1-4-6-7-8-9-10-11-12-13-21-39-68-60(67)64(43-45-26-28-48(62)29-27-45)57-42-55(63-70-44-46-22-15-14-16-23-46)53-40-47(24-17-19-36-65)52(25-18-20-37-66)58-54-41-50(71-49-30-33-51(73-3)34-31-49)32-35-56(54)72-61(57,59(53)58)69-38-5-2/h5,14-16,22-23,26-35,40-41,47,52,57-59,65-66H,2,4,6-13,17-21,24-25,36-39,42-44H2,1,3H3/t47-,52+,57-,58+,59+,61+/m0/s1. The third-order valence-corrected chi connectivity index (χ3v) is 15.5. The number of hydrogen-bond acceptors (Lipinski definition) is 10. The van der Waals surface area contributed by atoms with Crippen LogP contribution in [0.5, 0.6) is 17.2 Å². The van der Waals surface area contributed by atoms with E-state index in [1.807, 2.05) is 73.0 Å². The van der Waals surface area contributed by atoms with Crippen LogP contribution in [0.2, 0.25) is 0 Å². The first kappa shape index (κ1) is 55.6. The first-order valence-electron chi connectivity index (χ1n) is 27.1. The van der Waals surface area contributed by atoms with E-state index in [9.17, 15) is 14.6 Å². The first-order valence-corrected chi connectivity index (χ1v) is 28.3. The van der Waals surface area contributed by atoms with Crippen LogP contribution in [0.1, 0.15) is 139 Å². The number of oxime groups is 1. The van der Waals surface area contributed by atoms with Gasteiger partial charge in [0.2, 0.25) is 5.79 Å². The number of thioether (sulfide) groups is 1. The summed E-state index contributed by atoms with van der Waals surface area (Å²) in [4.78, 5) is 24.3. The summed E-state index contributed by atoms with van der Waals surface area (Å²) in [5, 5.41) is 25.2.